The third-order valence-corrected chi connectivity index (χ3v) is 8.28. The normalized spacial score (nSPS) is 24.7. The Bertz CT molecular complexity index is 1760. The lowest BCUT2D eigenvalue weighted by Gasteiger charge is -2.38. The van der Waals surface area contributed by atoms with E-state index in [4.69, 9.17) is 14.2 Å². The summed E-state index contributed by atoms with van der Waals surface area (Å²) in [6.07, 6.45) is 1.99. The third kappa shape index (κ3) is 3.07. The lowest BCUT2D eigenvalue weighted by molar-refractivity contribution is -0.142. The largest absolute Gasteiger partial charge is 0.454 e. The van der Waals surface area contributed by atoms with Gasteiger partial charge in [-0.05, 0) is 52.2 Å². The number of rotatable bonds is 2. The smallest absolute Gasteiger partial charge is 0.319 e. The molecular formula is C32H21NO6. The van der Waals surface area contributed by atoms with Gasteiger partial charge in [-0.1, -0.05) is 60.7 Å². The van der Waals surface area contributed by atoms with Crippen LogP contribution in [0.5, 0.6) is 17.2 Å². The first-order valence-electron chi connectivity index (χ1n) is 12.9. The number of amides is 2. The quantitative estimate of drug-likeness (QED) is 0.210. The third-order valence-electron chi connectivity index (χ3n) is 8.28. The van der Waals surface area contributed by atoms with Crippen LogP contribution in [0, 0.1) is 17.8 Å². The average Bonchev–Trinajstić information content (AvgIpc) is 3.54. The number of nitrogens with zero attached hydrogens (tertiary/aromatic N) is 1. The van der Waals surface area contributed by atoms with Gasteiger partial charge in [-0.25, -0.2) is 4.90 Å². The van der Waals surface area contributed by atoms with Gasteiger partial charge in [-0.3, -0.25) is 14.4 Å². The lowest BCUT2D eigenvalue weighted by Crippen LogP contribution is -2.42. The molecule has 1 aliphatic carbocycles. The maximum atomic E-state index is 14.1. The van der Waals surface area contributed by atoms with Crippen LogP contribution >= 0.6 is 0 Å². The highest BCUT2D eigenvalue weighted by Gasteiger charge is 2.60. The first-order chi connectivity index (χ1) is 19.1. The van der Waals surface area contributed by atoms with Crippen molar-refractivity contribution in [3.8, 4) is 17.2 Å². The highest BCUT2D eigenvalue weighted by atomic mass is 16.7. The number of hydrogen-bond donors (Lipinski definition) is 0. The van der Waals surface area contributed by atoms with Gasteiger partial charge in [-0.15, -0.1) is 0 Å². The summed E-state index contributed by atoms with van der Waals surface area (Å²) in [5.74, 6) is -2.61. The predicted octanol–water partition coefficient (Wildman–Crippen LogP) is 5.09. The van der Waals surface area contributed by atoms with Crippen molar-refractivity contribution in [1.29, 1.82) is 0 Å². The summed E-state index contributed by atoms with van der Waals surface area (Å²) in [5.41, 5.74) is 2.82. The Morgan fingerprint density at radius 1 is 0.718 bits per heavy atom. The van der Waals surface area contributed by atoms with Crippen molar-refractivity contribution in [2.75, 3.05) is 11.7 Å². The zero-order valence-corrected chi connectivity index (χ0v) is 20.6. The standard InChI is InChI=1S/C32H21NO6/c34-30-27-21(18-11-12-23-25(14-18)38-16-37-23)15-22-26-20-9-5-4-6-17(20)10-13-24(26)39-32(36)28(22)29(27)31(35)33(30)19-7-2-1-3-8-19/h1-15,21,27-29H,16H2/t21-,27+,28+,29-/m1/s1. The van der Waals surface area contributed by atoms with Crippen LogP contribution in [0.4, 0.5) is 5.69 Å². The molecule has 0 unspecified atom stereocenters. The Balaban J connectivity index is 1.37. The fourth-order valence-electron chi connectivity index (χ4n) is 6.61. The summed E-state index contributed by atoms with van der Waals surface area (Å²) < 4.78 is 17.0. The molecule has 3 aliphatic heterocycles. The number of esters is 1. The maximum absolute atomic E-state index is 14.1. The van der Waals surface area contributed by atoms with Crippen LogP contribution in [0.25, 0.3) is 16.3 Å². The molecule has 0 N–H and O–H groups in total. The Morgan fingerprint density at radius 2 is 1.46 bits per heavy atom. The van der Waals surface area contributed by atoms with Gasteiger partial charge in [-0.2, -0.15) is 0 Å². The molecule has 3 heterocycles. The number of carbonyl (C=O) groups is 3. The van der Waals surface area contributed by atoms with Crippen LogP contribution < -0.4 is 19.1 Å². The molecule has 0 spiro atoms. The highest BCUT2D eigenvalue weighted by Crippen LogP contribution is 2.56. The van der Waals surface area contributed by atoms with Gasteiger partial charge in [0.05, 0.1) is 23.4 Å². The molecule has 0 saturated carbocycles. The number of ether oxygens (including phenoxy) is 3. The molecule has 7 nitrogen and oxygen atoms in total. The number of anilines is 1. The first kappa shape index (κ1) is 22.1. The molecule has 190 valence electrons. The van der Waals surface area contributed by atoms with E-state index in [2.05, 4.69) is 0 Å². The number of carbonyl (C=O) groups excluding carboxylic acids is 3. The van der Waals surface area contributed by atoms with Gasteiger partial charge >= 0.3 is 5.97 Å². The molecule has 4 aliphatic rings. The molecule has 4 aromatic carbocycles. The van der Waals surface area contributed by atoms with Crippen molar-refractivity contribution in [2.45, 2.75) is 5.92 Å². The number of fused-ring (bicyclic) bond motifs is 8. The summed E-state index contributed by atoms with van der Waals surface area (Å²) in [6.45, 7) is 0.128. The molecule has 0 bridgehead atoms. The molecule has 2 amide bonds. The second-order valence-corrected chi connectivity index (χ2v) is 10.2. The van der Waals surface area contributed by atoms with E-state index in [0.717, 1.165) is 27.5 Å². The predicted molar refractivity (Wildman–Crippen MR) is 142 cm³/mol. The monoisotopic (exact) mass is 515 g/mol. The average molecular weight is 516 g/mol. The van der Waals surface area contributed by atoms with Crippen LogP contribution in [-0.2, 0) is 14.4 Å². The Morgan fingerprint density at radius 3 is 2.33 bits per heavy atom. The Labute approximate surface area is 223 Å². The van der Waals surface area contributed by atoms with Gasteiger partial charge < -0.3 is 14.2 Å². The molecular weight excluding hydrogens is 494 g/mol. The van der Waals surface area contributed by atoms with E-state index in [-0.39, 0.29) is 12.7 Å². The zero-order valence-electron chi connectivity index (χ0n) is 20.6. The van der Waals surface area contributed by atoms with Crippen molar-refractivity contribution in [3.05, 3.63) is 102 Å². The van der Waals surface area contributed by atoms with E-state index in [9.17, 15) is 14.4 Å². The molecule has 1 saturated heterocycles. The number of benzene rings is 4. The molecule has 8 rings (SSSR count). The number of imide groups is 1. The van der Waals surface area contributed by atoms with Crippen LogP contribution in [0.1, 0.15) is 17.0 Å². The van der Waals surface area contributed by atoms with Gasteiger partial charge in [0.25, 0.3) is 0 Å². The maximum Gasteiger partial charge on any atom is 0.319 e. The van der Waals surface area contributed by atoms with Gasteiger partial charge in [0.2, 0.25) is 18.6 Å². The van der Waals surface area contributed by atoms with E-state index in [1.807, 2.05) is 60.7 Å². The minimum absolute atomic E-state index is 0.128. The second kappa shape index (κ2) is 8.04. The van der Waals surface area contributed by atoms with E-state index in [0.29, 0.717) is 22.9 Å². The second-order valence-electron chi connectivity index (χ2n) is 10.2. The van der Waals surface area contributed by atoms with Crippen molar-refractivity contribution in [1.82, 2.24) is 0 Å². The molecule has 4 atom stereocenters. The van der Waals surface area contributed by atoms with Crippen LogP contribution in [0.15, 0.2) is 91.0 Å². The Kier molecular flexibility index (Phi) is 4.56. The molecule has 0 aromatic heterocycles. The number of allylic oxidation sites excluding steroid dienone is 1. The fourth-order valence-corrected chi connectivity index (χ4v) is 6.61. The molecule has 4 aromatic rings. The van der Waals surface area contributed by atoms with Gasteiger partial charge in [0.15, 0.2) is 11.5 Å². The number of para-hydroxylation sites is 1. The summed E-state index contributed by atoms with van der Waals surface area (Å²) in [4.78, 5) is 43.0. The minimum Gasteiger partial charge on any atom is -0.454 e. The van der Waals surface area contributed by atoms with Gasteiger partial charge in [0, 0.05) is 11.5 Å². The first-order valence-corrected chi connectivity index (χ1v) is 12.9. The van der Waals surface area contributed by atoms with E-state index >= 15 is 0 Å². The lowest BCUT2D eigenvalue weighted by atomic mass is 9.64. The van der Waals surface area contributed by atoms with Crippen molar-refractivity contribution >= 4 is 39.8 Å². The highest BCUT2D eigenvalue weighted by molar-refractivity contribution is 6.25. The molecule has 0 radical (unpaired) electrons. The van der Waals surface area contributed by atoms with Crippen molar-refractivity contribution < 1.29 is 28.6 Å². The summed E-state index contributed by atoms with van der Waals surface area (Å²) in [6, 6.07) is 26.1. The minimum atomic E-state index is -0.909. The summed E-state index contributed by atoms with van der Waals surface area (Å²) >= 11 is 0. The van der Waals surface area contributed by atoms with E-state index in [1.165, 1.54) is 4.90 Å². The van der Waals surface area contributed by atoms with Crippen LogP contribution in [-0.4, -0.2) is 24.6 Å². The van der Waals surface area contributed by atoms with Gasteiger partial charge in [0.1, 0.15) is 5.75 Å². The summed E-state index contributed by atoms with van der Waals surface area (Å²) in [7, 11) is 0. The van der Waals surface area contributed by atoms with Crippen LogP contribution in [0.3, 0.4) is 0 Å². The molecule has 7 heteroatoms. The summed E-state index contributed by atoms with van der Waals surface area (Å²) in [5, 5.41) is 1.92. The molecule has 39 heavy (non-hydrogen) atoms. The van der Waals surface area contributed by atoms with E-state index < -0.39 is 35.5 Å². The zero-order chi connectivity index (χ0) is 26.2. The number of hydrogen-bond acceptors (Lipinski definition) is 6. The van der Waals surface area contributed by atoms with Crippen molar-refractivity contribution in [3.63, 3.8) is 0 Å². The Hall–Kier alpha value is -4.91. The topological polar surface area (TPSA) is 82.1 Å². The fraction of sp³-hybridized carbons (Fsp3) is 0.156. The van der Waals surface area contributed by atoms with E-state index in [1.54, 1.807) is 30.3 Å². The SMILES string of the molecule is O=C1Oc2ccc3ccccc3c2C2=C[C@H](c3ccc4c(c3)OCO4)[C@@H]3C(=O)N(c4ccccc4)C(=O)[C@H]3[C@@H]12. The van der Waals surface area contributed by atoms with Crippen LogP contribution in [0.2, 0.25) is 0 Å². The molecule has 1 fully saturated rings. The van der Waals surface area contributed by atoms with Crippen molar-refractivity contribution in [2.24, 2.45) is 17.8 Å².